The van der Waals surface area contributed by atoms with Crippen LogP contribution >= 0.6 is 0 Å². The van der Waals surface area contributed by atoms with Crippen molar-refractivity contribution in [2.24, 2.45) is 5.10 Å². The van der Waals surface area contributed by atoms with Crippen molar-refractivity contribution in [2.45, 2.75) is 6.42 Å². The largest absolute Gasteiger partial charge is 0.464 e. The molecule has 4 rings (SSSR count). The first kappa shape index (κ1) is 15.3. The number of nitrogens with one attached hydrogen (secondary N) is 2. The fourth-order valence-electron chi connectivity index (χ4n) is 2.89. The third-order valence-corrected chi connectivity index (χ3v) is 4.14. The van der Waals surface area contributed by atoms with E-state index in [-0.39, 0.29) is 12.3 Å². The number of carbonyl (C=O) groups is 1. The second-order valence-corrected chi connectivity index (χ2v) is 5.92. The Morgan fingerprint density at radius 2 is 2.08 bits per heavy atom. The molecular weight excluding hydrogens is 315 g/mol. The van der Waals surface area contributed by atoms with Crippen LogP contribution in [0, 0.1) is 0 Å². The van der Waals surface area contributed by atoms with Gasteiger partial charge in [0.05, 0.1) is 12.6 Å². The third kappa shape index (κ3) is 3.22. The number of rotatable bonds is 3. The van der Waals surface area contributed by atoms with Crippen molar-refractivity contribution in [2.75, 3.05) is 5.32 Å². The summed E-state index contributed by atoms with van der Waals surface area (Å²) in [7, 11) is -0.850. The number of benzene rings is 2. The molecule has 0 radical (unpaired) electrons. The lowest BCUT2D eigenvalue weighted by molar-refractivity contribution is -0.115. The zero-order valence-corrected chi connectivity index (χ0v) is 13.3. The molecule has 1 aliphatic heterocycles. The Bertz CT molecular complexity index is 990. The van der Waals surface area contributed by atoms with Crippen LogP contribution < -0.4 is 16.1 Å². The summed E-state index contributed by atoms with van der Waals surface area (Å²) in [6.07, 6.45) is 5.39. The number of nitrogens with zero attached hydrogens (tertiary/aromatic N) is 2. The quantitative estimate of drug-likeness (QED) is 0.627. The maximum absolute atomic E-state index is 12.3. The molecule has 0 aliphatic carbocycles. The van der Waals surface area contributed by atoms with Gasteiger partial charge in [0, 0.05) is 23.5 Å². The summed E-state index contributed by atoms with van der Waals surface area (Å²) in [5.74, 6) is -0.111. The lowest BCUT2D eigenvalue weighted by atomic mass is 9.71. The minimum atomic E-state index is -0.850. The van der Waals surface area contributed by atoms with E-state index in [2.05, 4.69) is 20.7 Å². The van der Waals surface area contributed by atoms with Crippen molar-refractivity contribution in [1.29, 1.82) is 0 Å². The Kier molecular flexibility index (Phi) is 3.91. The van der Waals surface area contributed by atoms with Gasteiger partial charge in [-0.15, -0.1) is 0 Å². The van der Waals surface area contributed by atoms with Crippen LogP contribution in [-0.4, -0.2) is 29.2 Å². The zero-order valence-electron chi connectivity index (χ0n) is 13.3. The molecule has 0 saturated heterocycles. The lowest BCUT2D eigenvalue weighted by Gasteiger charge is -2.15. The molecule has 0 saturated carbocycles. The molecule has 1 aromatic heterocycles. The van der Waals surface area contributed by atoms with Gasteiger partial charge in [-0.25, -0.2) is 0 Å². The number of hydrazone groups is 1. The topological polar surface area (TPSA) is 86.6 Å². The highest BCUT2D eigenvalue weighted by Crippen LogP contribution is 2.18. The second kappa shape index (κ2) is 6.37. The predicted molar refractivity (Wildman–Crippen MR) is 98.9 cm³/mol. The fraction of sp³-hybridized carbons (Fsp3) is 0.0556. The summed E-state index contributed by atoms with van der Waals surface area (Å²) in [6, 6.07) is 13.2. The Labute approximate surface area is 144 Å². The molecule has 0 unspecified atom stereocenters. The van der Waals surface area contributed by atoms with E-state index in [0.717, 1.165) is 33.0 Å². The van der Waals surface area contributed by atoms with Crippen molar-refractivity contribution in [3.05, 3.63) is 66.0 Å². The van der Waals surface area contributed by atoms with Crippen LogP contribution in [-0.2, 0) is 11.2 Å². The minimum Gasteiger partial charge on any atom is -0.428 e. The Morgan fingerprint density at radius 1 is 1.16 bits per heavy atom. The highest BCUT2D eigenvalue weighted by molar-refractivity contribution is 6.65. The first-order chi connectivity index (χ1) is 12.2. The van der Waals surface area contributed by atoms with Crippen molar-refractivity contribution >= 4 is 41.1 Å². The van der Waals surface area contributed by atoms with Gasteiger partial charge in [0.1, 0.15) is 0 Å². The van der Waals surface area contributed by atoms with E-state index in [1.54, 1.807) is 18.6 Å². The average Bonchev–Trinajstić information content (AvgIpc) is 2.62. The molecule has 3 aromatic rings. The summed E-state index contributed by atoms with van der Waals surface area (Å²) < 4.78 is 0. The van der Waals surface area contributed by atoms with Crippen LogP contribution in [0.25, 0.3) is 10.8 Å². The lowest BCUT2D eigenvalue weighted by Crippen LogP contribution is -2.47. The van der Waals surface area contributed by atoms with Crippen LogP contribution in [0.4, 0.5) is 5.69 Å². The standard InChI is InChI=1S/C18H15BN4O2/c24-18(22-16-4-3-14-10-20-6-5-13(14)9-16)8-12-1-2-15-11-21-23-19(25)17(15)7-12/h1-7,9-11,23,25H,8H2,(H,22,24). The number of anilines is 1. The molecule has 25 heavy (non-hydrogen) atoms. The minimum absolute atomic E-state index is 0.111. The van der Waals surface area contributed by atoms with Gasteiger partial charge in [-0.2, -0.15) is 5.10 Å². The van der Waals surface area contributed by atoms with E-state index in [0.29, 0.717) is 0 Å². The Hall–Kier alpha value is -3.19. The number of hydrogen-bond donors (Lipinski definition) is 3. The summed E-state index contributed by atoms with van der Waals surface area (Å²) >= 11 is 0. The molecule has 2 aromatic carbocycles. The van der Waals surface area contributed by atoms with Crippen LogP contribution in [0.2, 0.25) is 0 Å². The Balaban J connectivity index is 1.50. The van der Waals surface area contributed by atoms with Crippen LogP contribution in [0.3, 0.4) is 0 Å². The summed E-state index contributed by atoms with van der Waals surface area (Å²) in [5.41, 5.74) is 3.14. The smallest absolute Gasteiger partial charge is 0.428 e. The number of amides is 1. The average molecular weight is 330 g/mol. The molecule has 0 bridgehead atoms. The predicted octanol–water partition coefficient (Wildman–Crippen LogP) is 1.04. The first-order valence-corrected chi connectivity index (χ1v) is 7.92. The summed E-state index contributed by atoms with van der Waals surface area (Å²) in [6.45, 7) is 0. The zero-order chi connectivity index (χ0) is 17.2. The molecule has 1 amide bonds. The van der Waals surface area contributed by atoms with Crippen molar-refractivity contribution in [3.63, 3.8) is 0 Å². The van der Waals surface area contributed by atoms with E-state index in [9.17, 15) is 9.82 Å². The molecule has 0 atom stereocenters. The molecule has 122 valence electrons. The van der Waals surface area contributed by atoms with Gasteiger partial charge in [-0.3, -0.25) is 9.78 Å². The highest BCUT2D eigenvalue weighted by Gasteiger charge is 2.21. The molecule has 7 heteroatoms. The van der Waals surface area contributed by atoms with Crippen LogP contribution in [0.5, 0.6) is 0 Å². The SMILES string of the molecule is O=C(Cc1ccc2c(c1)B(O)NN=C2)Nc1ccc2cnccc2c1. The van der Waals surface area contributed by atoms with Gasteiger partial charge in [0.15, 0.2) is 0 Å². The van der Waals surface area contributed by atoms with Crippen molar-refractivity contribution in [3.8, 4) is 0 Å². The van der Waals surface area contributed by atoms with E-state index in [1.165, 1.54) is 0 Å². The molecular formula is C18H15BN4O2. The maximum Gasteiger partial charge on any atom is 0.464 e. The third-order valence-electron chi connectivity index (χ3n) is 4.14. The Morgan fingerprint density at radius 3 is 3.00 bits per heavy atom. The first-order valence-electron chi connectivity index (χ1n) is 7.92. The van der Waals surface area contributed by atoms with Crippen molar-refractivity contribution in [1.82, 2.24) is 10.3 Å². The number of carbonyl (C=O) groups excluding carboxylic acids is 1. The highest BCUT2D eigenvalue weighted by atomic mass is 16.2. The van der Waals surface area contributed by atoms with Crippen molar-refractivity contribution < 1.29 is 9.82 Å². The molecule has 0 spiro atoms. The van der Waals surface area contributed by atoms with E-state index < -0.39 is 7.05 Å². The normalized spacial score (nSPS) is 12.6. The van der Waals surface area contributed by atoms with Gasteiger partial charge in [-0.1, -0.05) is 24.3 Å². The summed E-state index contributed by atoms with van der Waals surface area (Å²) in [5, 5.41) is 21.3. The molecule has 0 fully saturated rings. The number of aromatic nitrogens is 1. The molecule has 6 nitrogen and oxygen atoms in total. The number of hydrogen-bond acceptors (Lipinski definition) is 5. The summed E-state index contributed by atoms with van der Waals surface area (Å²) in [4.78, 5) is 16.4. The fourth-order valence-corrected chi connectivity index (χ4v) is 2.89. The number of fused-ring (bicyclic) bond motifs is 2. The molecule has 2 heterocycles. The monoisotopic (exact) mass is 330 g/mol. The number of pyridine rings is 1. The van der Waals surface area contributed by atoms with Gasteiger partial charge in [0.25, 0.3) is 0 Å². The molecule has 1 aliphatic rings. The van der Waals surface area contributed by atoms with Gasteiger partial charge in [-0.05, 0) is 40.2 Å². The van der Waals surface area contributed by atoms with Crippen LogP contribution in [0.15, 0.2) is 60.0 Å². The van der Waals surface area contributed by atoms with E-state index in [4.69, 9.17) is 0 Å². The van der Waals surface area contributed by atoms with Gasteiger partial charge in [0.2, 0.25) is 5.91 Å². The van der Waals surface area contributed by atoms with E-state index in [1.807, 2.05) is 42.5 Å². The van der Waals surface area contributed by atoms with E-state index >= 15 is 0 Å². The van der Waals surface area contributed by atoms with Crippen LogP contribution in [0.1, 0.15) is 11.1 Å². The van der Waals surface area contributed by atoms with Gasteiger partial charge < -0.3 is 15.7 Å². The van der Waals surface area contributed by atoms with Gasteiger partial charge >= 0.3 is 7.05 Å². The molecule has 3 N–H and O–H groups in total. The second-order valence-electron chi connectivity index (χ2n) is 5.92. The maximum atomic E-state index is 12.3.